The number of rotatable bonds is 4. The predicted molar refractivity (Wildman–Crippen MR) is 85.5 cm³/mol. The molecule has 4 nitrogen and oxygen atoms in total. The van der Waals surface area contributed by atoms with Crippen molar-refractivity contribution in [3.8, 4) is 17.4 Å². The van der Waals surface area contributed by atoms with E-state index in [0.29, 0.717) is 28.4 Å². The SMILES string of the molecule is Cc1occc1C(=O)/C(C#N)=C/c1ccc(-c2ccccc2F)o1. The number of hydrogen-bond donors (Lipinski definition) is 0. The van der Waals surface area contributed by atoms with Gasteiger partial charge in [-0.2, -0.15) is 5.26 Å². The third-order valence-electron chi connectivity index (χ3n) is 3.52. The maximum atomic E-state index is 13.8. The number of Topliss-reactive ketones (excluding diaryl/α,β-unsaturated/α-hetero) is 1. The first-order valence-electron chi connectivity index (χ1n) is 7.15. The van der Waals surface area contributed by atoms with Gasteiger partial charge in [-0.25, -0.2) is 4.39 Å². The number of aryl methyl sites for hydroxylation is 1. The fraction of sp³-hybridized carbons (Fsp3) is 0.0526. The quantitative estimate of drug-likeness (QED) is 0.394. The number of nitriles is 1. The zero-order valence-corrected chi connectivity index (χ0v) is 12.7. The number of benzene rings is 1. The summed E-state index contributed by atoms with van der Waals surface area (Å²) in [7, 11) is 0. The van der Waals surface area contributed by atoms with Gasteiger partial charge in [0.15, 0.2) is 0 Å². The molecule has 0 amide bonds. The molecule has 3 rings (SSSR count). The Hall–Kier alpha value is -3.39. The van der Waals surface area contributed by atoms with E-state index in [1.54, 1.807) is 37.3 Å². The molecular formula is C19H12FNO3. The van der Waals surface area contributed by atoms with E-state index in [1.807, 2.05) is 6.07 Å². The number of hydrogen-bond acceptors (Lipinski definition) is 4. The van der Waals surface area contributed by atoms with Crippen LogP contribution in [-0.2, 0) is 0 Å². The Balaban J connectivity index is 1.94. The molecule has 0 bridgehead atoms. The molecule has 0 radical (unpaired) electrons. The van der Waals surface area contributed by atoms with Crippen LogP contribution >= 0.6 is 0 Å². The maximum Gasteiger partial charge on any atom is 0.207 e. The molecule has 0 saturated heterocycles. The highest BCUT2D eigenvalue weighted by Crippen LogP contribution is 2.26. The van der Waals surface area contributed by atoms with E-state index in [2.05, 4.69) is 0 Å². The van der Waals surface area contributed by atoms with Crippen LogP contribution in [0.25, 0.3) is 17.4 Å². The van der Waals surface area contributed by atoms with Crippen LogP contribution in [0.2, 0.25) is 0 Å². The number of ketones is 1. The summed E-state index contributed by atoms with van der Waals surface area (Å²) in [6.07, 6.45) is 2.72. The summed E-state index contributed by atoms with van der Waals surface area (Å²) in [6.45, 7) is 1.64. The van der Waals surface area contributed by atoms with E-state index in [4.69, 9.17) is 8.83 Å². The fourth-order valence-corrected chi connectivity index (χ4v) is 2.29. The van der Waals surface area contributed by atoms with Crippen LogP contribution in [0.3, 0.4) is 0 Å². The van der Waals surface area contributed by atoms with Crippen molar-refractivity contribution in [3.63, 3.8) is 0 Å². The molecule has 0 saturated carbocycles. The number of carbonyl (C=O) groups excluding carboxylic acids is 1. The molecule has 3 aromatic rings. The molecule has 0 atom stereocenters. The standard InChI is InChI=1S/C19H12FNO3/c1-12-15(8-9-23-12)19(22)13(11-21)10-14-6-7-18(24-14)16-4-2-3-5-17(16)20/h2-10H,1H3/b13-10+. The first kappa shape index (κ1) is 15.5. The third-order valence-corrected chi connectivity index (χ3v) is 3.52. The Bertz CT molecular complexity index is 972. The first-order valence-corrected chi connectivity index (χ1v) is 7.15. The number of allylic oxidation sites excluding steroid dienone is 1. The highest BCUT2D eigenvalue weighted by molar-refractivity contribution is 6.14. The summed E-state index contributed by atoms with van der Waals surface area (Å²) in [5.74, 6) is 0.191. The van der Waals surface area contributed by atoms with Gasteiger partial charge in [0.2, 0.25) is 5.78 Å². The van der Waals surface area contributed by atoms with Crippen molar-refractivity contribution < 1.29 is 18.0 Å². The van der Waals surface area contributed by atoms with Gasteiger partial charge in [0, 0.05) is 6.08 Å². The molecular weight excluding hydrogens is 309 g/mol. The van der Waals surface area contributed by atoms with E-state index >= 15 is 0 Å². The van der Waals surface area contributed by atoms with Crippen LogP contribution in [0.5, 0.6) is 0 Å². The van der Waals surface area contributed by atoms with Crippen LogP contribution in [0.15, 0.2) is 63.1 Å². The molecule has 5 heteroatoms. The summed E-state index contributed by atoms with van der Waals surface area (Å²) in [5, 5.41) is 9.24. The Morgan fingerprint density at radius 2 is 2.00 bits per heavy atom. The molecule has 1 aromatic carbocycles. The van der Waals surface area contributed by atoms with Crippen molar-refractivity contribution in [1.29, 1.82) is 5.26 Å². The molecule has 0 aliphatic carbocycles. The molecule has 0 N–H and O–H groups in total. The lowest BCUT2D eigenvalue weighted by Gasteiger charge is -1.98. The molecule has 0 spiro atoms. The minimum Gasteiger partial charge on any atom is -0.469 e. The number of nitrogens with zero attached hydrogens (tertiary/aromatic N) is 1. The Morgan fingerprint density at radius 3 is 2.67 bits per heavy atom. The van der Waals surface area contributed by atoms with Crippen molar-refractivity contribution in [3.05, 3.63) is 77.2 Å². The third kappa shape index (κ3) is 2.90. The minimum atomic E-state index is -0.451. The molecule has 0 fully saturated rings. The smallest absolute Gasteiger partial charge is 0.207 e. The summed E-state index contributed by atoms with van der Waals surface area (Å²) in [6, 6.07) is 12.7. The van der Waals surface area contributed by atoms with Gasteiger partial charge in [-0.3, -0.25) is 4.79 Å². The van der Waals surface area contributed by atoms with Gasteiger partial charge in [0.25, 0.3) is 0 Å². The second-order valence-corrected chi connectivity index (χ2v) is 5.07. The lowest BCUT2D eigenvalue weighted by molar-refractivity contribution is 0.103. The van der Waals surface area contributed by atoms with Crippen LogP contribution < -0.4 is 0 Å². The topological polar surface area (TPSA) is 67.1 Å². The van der Waals surface area contributed by atoms with Gasteiger partial charge in [-0.1, -0.05) is 12.1 Å². The molecule has 0 aliphatic rings. The largest absolute Gasteiger partial charge is 0.469 e. The molecule has 0 unspecified atom stereocenters. The van der Waals surface area contributed by atoms with Gasteiger partial charge in [-0.15, -0.1) is 0 Å². The Kier molecular flexibility index (Phi) is 4.13. The molecule has 2 heterocycles. The van der Waals surface area contributed by atoms with Crippen molar-refractivity contribution in [2.24, 2.45) is 0 Å². The average molecular weight is 321 g/mol. The monoisotopic (exact) mass is 321 g/mol. The van der Waals surface area contributed by atoms with Gasteiger partial charge in [-0.05, 0) is 37.3 Å². The molecule has 118 valence electrons. The molecule has 2 aromatic heterocycles. The lowest BCUT2D eigenvalue weighted by Crippen LogP contribution is -2.01. The van der Waals surface area contributed by atoms with Crippen molar-refractivity contribution in [1.82, 2.24) is 0 Å². The van der Waals surface area contributed by atoms with Crippen LogP contribution in [0.4, 0.5) is 4.39 Å². The van der Waals surface area contributed by atoms with E-state index in [1.165, 1.54) is 24.5 Å². The van der Waals surface area contributed by atoms with E-state index in [9.17, 15) is 14.4 Å². The maximum absolute atomic E-state index is 13.8. The van der Waals surface area contributed by atoms with E-state index in [0.717, 1.165) is 0 Å². The first-order chi connectivity index (χ1) is 11.6. The predicted octanol–water partition coefficient (Wildman–Crippen LogP) is 4.78. The Labute approximate surface area is 137 Å². The fourth-order valence-electron chi connectivity index (χ4n) is 2.29. The summed E-state index contributed by atoms with van der Waals surface area (Å²) in [4.78, 5) is 12.3. The highest BCUT2D eigenvalue weighted by atomic mass is 19.1. The molecule has 24 heavy (non-hydrogen) atoms. The van der Waals surface area contributed by atoms with Crippen molar-refractivity contribution >= 4 is 11.9 Å². The van der Waals surface area contributed by atoms with Crippen molar-refractivity contribution in [2.75, 3.05) is 0 Å². The van der Waals surface area contributed by atoms with E-state index < -0.39 is 11.6 Å². The summed E-state index contributed by atoms with van der Waals surface area (Å²) < 4.78 is 24.4. The van der Waals surface area contributed by atoms with Gasteiger partial charge >= 0.3 is 0 Å². The highest BCUT2D eigenvalue weighted by Gasteiger charge is 2.17. The van der Waals surface area contributed by atoms with Crippen molar-refractivity contribution in [2.45, 2.75) is 6.92 Å². The summed E-state index contributed by atoms with van der Waals surface area (Å²) >= 11 is 0. The number of furan rings is 2. The normalized spacial score (nSPS) is 11.3. The Morgan fingerprint density at radius 1 is 1.21 bits per heavy atom. The second-order valence-electron chi connectivity index (χ2n) is 5.07. The lowest BCUT2D eigenvalue weighted by atomic mass is 10.0. The number of halogens is 1. The van der Waals surface area contributed by atoms with Crippen LogP contribution in [-0.4, -0.2) is 5.78 Å². The average Bonchev–Trinajstić information content (AvgIpc) is 3.21. The molecule has 0 aliphatic heterocycles. The minimum absolute atomic E-state index is 0.0890. The zero-order chi connectivity index (χ0) is 17.1. The van der Waals surface area contributed by atoms with Gasteiger partial charge < -0.3 is 8.83 Å². The van der Waals surface area contributed by atoms with E-state index in [-0.39, 0.29) is 5.57 Å². The van der Waals surface area contributed by atoms with Gasteiger partial charge in [0.1, 0.15) is 34.7 Å². The zero-order valence-electron chi connectivity index (χ0n) is 12.7. The second kappa shape index (κ2) is 6.39. The van der Waals surface area contributed by atoms with Crippen LogP contribution in [0, 0.1) is 24.1 Å². The number of carbonyl (C=O) groups is 1. The summed E-state index contributed by atoms with van der Waals surface area (Å²) in [5.41, 5.74) is 0.547. The van der Waals surface area contributed by atoms with Crippen LogP contribution in [0.1, 0.15) is 21.9 Å². The van der Waals surface area contributed by atoms with Gasteiger partial charge in [0.05, 0.1) is 17.4 Å².